The molecule has 0 radical (unpaired) electrons. The van der Waals surface area contributed by atoms with Crippen LogP contribution in [0.4, 0.5) is 5.82 Å². The van der Waals surface area contributed by atoms with Crippen molar-refractivity contribution in [1.82, 2.24) is 9.78 Å². The third-order valence-electron chi connectivity index (χ3n) is 3.22. The fourth-order valence-electron chi connectivity index (χ4n) is 2.20. The Labute approximate surface area is 127 Å². The summed E-state index contributed by atoms with van der Waals surface area (Å²) in [4.78, 5) is 12.3. The lowest BCUT2D eigenvalue weighted by Gasteiger charge is -2.09. The number of phenolic OH excluding ortho intramolecular Hbond substituents is 1. The Balaban J connectivity index is 1.94. The molecule has 2 aromatic carbocycles. The van der Waals surface area contributed by atoms with E-state index in [1.165, 1.54) is 6.07 Å². The molecule has 1 amide bonds. The highest BCUT2D eigenvalue weighted by atomic mass is 16.3. The fraction of sp³-hybridized carbons (Fsp3) is 0.0588. The van der Waals surface area contributed by atoms with Crippen molar-refractivity contribution in [2.24, 2.45) is 0 Å². The monoisotopic (exact) mass is 293 g/mol. The second-order valence-electron chi connectivity index (χ2n) is 4.89. The molecule has 22 heavy (non-hydrogen) atoms. The van der Waals surface area contributed by atoms with E-state index in [-0.39, 0.29) is 17.2 Å². The predicted octanol–water partition coefficient (Wildman–Crippen LogP) is 3.14. The number of para-hydroxylation sites is 2. The lowest BCUT2D eigenvalue weighted by atomic mass is 10.2. The Kier molecular flexibility index (Phi) is 3.62. The van der Waals surface area contributed by atoms with Crippen molar-refractivity contribution in [3.63, 3.8) is 0 Å². The van der Waals surface area contributed by atoms with E-state index < -0.39 is 0 Å². The largest absolute Gasteiger partial charge is 0.507 e. The molecule has 110 valence electrons. The van der Waals surface area contributed by atoms with Gasteiger partial charge in [-0.3, -0.25) is 4.79 Å². The summed E-state index contributed by atoms with van der Waals surface area (Å²) in [7, 11) is 0. The molecule has 0 saturated carbocycles. The van der Waals surface area contributed by atoms with Crippen molar-refractivity contribution in [3.8, 4) is 11.4 Å². The van der Waals surface area contributed by atoms with Crippen LogP contribution < -0.4 is 5.32 Å². The fourth-order valence-corrected chi connectivity index (χ4v) is 2.20. The van der Waals surface area contributed by atoms with Gasteiger partial charge in [-0.1, -0.05) is 30.3 Å². The van der Waals surface area contributed by atoms with E-state index >= 15 is 0 Å². The first kappa shape index (κ1) is 13.9. The highest BCUT2D eigenvalue weighted by molar-refractivity contribution is 6.05. The van der Waals surface area contributed by atoms with E-state index in [0.717, 1.165) is 11.4 Å². The maximum absolute atomic E-state index is 12.3. The summed E-state index contributed by atoms with van der Waals surface area (Å²) in [5.41, 5.74) is 1.86. The van der Waals surface area contributed by atoms with E-state index in [1.54, 1.807) is 28.9 Å². The minimum absolute atomic E-state index is 0.0532. The SMILES string of the molecule is Cc1cc(NC(=O)c2ccccc2O)n(-c2ccccc2)n1. The summed E-state index contributed by atoms with van der Waals surface area (Å²) in [6, 6.07) is 17.7. The van der Waals surface area contributed by atoms with E-state index in [9.17, 15) is 9.90 Å². The van der Waals surface area contributed by atoms with Crippen LogP contribution in [0.15, 0.2) is 60.7 Å². The van der Waals surface area contributed by atoms with Crippen LogP contribution in [0.2, 0.25) is 0 Å². The number of phenols is 1. The summed E-state index contributed by atoms with van der Waals surface area (Å²) in [6.45, 7) is 1.86. The quantitative estimate of drug-likeness (QED) is 0.779. The van der Waals surface area contributed by atoms with Crippen LogP contribution in [-0.4, -0.2) is 20.8 Å². The van der Waals surface area contributed by atoms with Crippen LogP contribution in [0.25, 0.3) is 5.69 Å². The number of anilines is 1. The lowest BCUT2D eigenvalue weighted by molar-refractivity contribution is 0.102. The molecule has 2 N–H and O–H groups in total. The third kappa shape index (κ3) is 2.69. The van der Waals surface area contributed by atoms with Gasteiger partial charge in [-0.05, 0) is 31.2 Å². The van der Waals surface area contributed by atoms with Crippen molar-refractivity contribution in [2.75, 3.05) is 5.32 Å². The van der Waals surface area contributed by atoms with Crippen LogP contribution in [0.5, 0.6) is 5.75 Å². The zero-order valence-corrected chi connectivity index (χ0v) is 12.0. The molecule has 3 rings (SSSR count). The molecule has 0 unspecified atom stereocenters. The molecule has 0 atom stereocenters. The molecule has 3 aromatic rings. The number of hydrogen-bond acceptors (Lipinski definition) is 3. The maximum atomic E-state index is 12.3. The Morgan fingerprint density at radius 1 is 1.09 bits per heavy atom. The number of nitrogens with zero attached hydrogens (tertiary/aromatic N) is 2. The van der Waals surface area contributed by atoms with Crippen molar-refractivity contribution in [1.29, 1.82) is 0 Å². The summed E-state index contributed by atoms with van der Waals surface area (Å²) in [5.74, 6) is 0.120. The number of hydrogen-bond donors (Lipinski definition) is 2. The summed E-state index contributed by atoms with van der Waals surface area (Å²) in [5, 5.41) is 16.9. The van der Waals surface area contributed by atoms with Gasteiger partial charge >= 0.3 is 0 Å². The van der Waals surface area contributed by atoms with Gasteiger partial charge in [0, 0.05) is 6.07 Å². The van der Waals surface area contributed by atoms with Gasteiger partial charge in [0.1, 0.15) is 11.6 Å². The number of rotatable bonds is 3. The highest BCUT2D eigenvalue weighted by Crippen LogP contribution is 2.20. The van der Waals surface area contributed by atoms with E-state index in [2.05, 4.69) is 10.4 Å². The second kappa shape index (κ2) is 5.73. The maximum Gasteiger partial charge on any atom is 0.260 e. The zero-order chi connectivity index (χ0) is 15.5. The molecular formula is C17H15N3O2. The average Bonchev–Trinajstić information content (AvgIpc) is 2.89. The zero-order valence-electron chi connectivity index (χ0n) is 12.0. The number of aryl methyl sites for hydroxylation is 1. The molecule has 0 spiro atoms. The number of carbonyl (C=O) groups excluding carboxylic acids is 1. The van der Waals surface area contributed by atoms with Crippen molar-refractivity contribution in [3.05, 3.63) is 71.9 Å². The standard InChI is InChI=1S/C17H15N3O2/c1-12-11-16(20(19-12)13-7-3-2-4-8-13)18-17(22)14-9-5-6-10-15(14)21/h2-11,21H,1H3,(H,18,22). The molecule has 5 heteroatoms. The topological polar surface area (TPSA) is 67.2 Å². The Morgan fingerprint density at radius 2 is 1.77 bits per heavy atom. The number of aromatic hydroxyl groups is 1. The smallest absolute Gasteiger partial charge is 0.260 e. The second-order valence-corrected chi connectivity index (χ2v) is 4.89. The lowest BCUT2D eigenvalue weighted by Crippen LogP contribution is -2.15. The molecule has 5 nitrogen and oxygen atoms in total. The van der Waals surface area contributed by atoms with Gasteiger partial charge in [0.05, 0.1) is 16.9 Å². The molecule has 0 fully saturated rings. The first-order valence-corrected chi connectivity index (χ1v) is 6.86. The molecule has 0 aliphatic heterocycles. The summed E-state index contributed by atoms with van der Waals surface area (Å²) in [6.07, 6.45) is 0. The molecular weight excluding hydrogens is 278 g/mol. The van der Waals surface area contributed by atoms with Crippen LogP contribution >= 0.6 is 0 Å². The molecule has 1 aromatic heterocycles. The average molecular weight is 293 g/mol. The Hall–Kier alpha value is -3.08. The molecule has 0 aliphatic rings. The number of nitrogens with one attached hydrogen (secondary N) is 1. The van der Waals surface area contributed by atoms with Gasteiger partial charge in [0.15, 0.2) is 0 Å². The van der Waals surface area contributed by atoms with E-state index in [4.69, 9.17) is 0 Å². The van der Waals surface area contributed by atoms with E-state index in [1.807, 2.05) is 37.3 Å². The van der Waals surface area contributed by atoms with Gasteiger partial charge in [0.2, 0.25) is 0 Å². The summed E-state index contributed by atoms with van der Waals surface area (Å²) < 4.78 is 1.66. The number of aromatic nitrogens is 2. The number of carbonyl (C=O) groups is 1. The van der Waals surface area contributed by atoms with Crippen LogP contribution in [-0.2, 0) is 0 Å². The first-order chi connectivity index (χ1) is 10.6. The normalized spacial score (nSPS) is 10.4. The third-order valence-corrected chi connectivity index (χ3v) is 3.22. The molecule has 0 saturated heterocycles. The van der Waals surface area contributed by atoms with Crippen molar-refractivity contribution in [2.45, 2.75) is 6.92 Å². The van der Waals surface area contributed by atoms with Gasteiger partial charge in [0.25, 0.3) is 5.91 Å². The predicted molar refractivity (Wildman–Crippen MR) is 84.4 cm³/mol. The van der Waals surface area contributed by atoms with Crippen molar-refractivity contribution < 1.29 is 9.90 Å². The molecule has 0 bridgehead atoms. The highest BCUT2D eigenvalue weighted by Gasteiger charge is 2.14. The first-order valence-electron chi connectivity index (χ1n) is 6.86. The van der Waals surface area contributed by atoms with Gasteiger partial charge < -0.3 is 10.4 Å². The van der Waals surface area contributed by atoms with Crippen LogP contribution in [0.3, 0.4) is 0 Å². The van der Waals surface area contributed by atoms with E-state index in [0.29, 0.717) is 5.82 Å². The van der Waals surface area contributed by atoms with Crippen LogP contribution in [0, 0.1) is 6.92 Å². The Bertz CT molecular complexity index is 810. The van der Waals surface area contributed by atoms with Gasteiger partial charge in [-0.25, -0.2) is 4.68 Å². The minimum atomic E-state index is -0.379. The minimum Gasteiger partial charge on any atom is -0.507 e. The summed E-state index contributed by atoms with van der Waals surface area (Å²) >= 11 is 0. The Morgan fingerprint density at radius 3 is 2.50 bits per heavy atom. The number of amides is 1. The van der Waals surface area contributed by atoms with Crippen molar-refractivity contribution >= 4 is 11.7 Å². The van der Waals surface area contributed by atoms with Gasteiger partial charge in [-0.15, -0.1) is 0 Å². The van der Waals surface area contributed by atoms with Gasteiger partial charge in [-0.2, -0.15) is 5.10 Å². The molecule has 0 aliphatic carbocycles. The number of benzene rings is 2. The molecule has 1 heterocycles. The van der Waals surface area contributed by atoms with Crippen LogP contribution in [0.1, 0.15) is 16.1 Å².